The van der Waals surface area contributed by atoms with Gasteiger partial charge in [-0.15, -0.1) is 0 Å². The van der Waals surface area contributed by atoms with Crippen LogP contribution in [-0.2, 0) is 4.79 Å². The maximum atomic E-state index is 11.5. The van der Waals surface area contributed by atoms with Crippen LogP contribution in [0.3, 0.4) is 0 Å². The zero-order valence-corrected chi connectivity index (χ0v) is 12.7. The van der Waals surface area contributed by atoms with Gasteiger partial charge in [-0.1, -0.05) is 26.0 Å². The van der Waals surface area contributed by atoms with Crippen LogP contribution in [0.5, 0.6) is 0 Å². The summed E-state index contributed by atoms with van der Waals surface area (Å²) in [6, 6.07) is 8.53. The molecule has 1 aliphatic rings. The average molecular weight is 291 g/mol. The standard InChI is InChI=1S/C15H21N3OS/c1-10(2)11-3-5-13(6-4-11)18-15(20)16-9-14(19)17-12-7-8-12/h3-6,10,12H,7-9H2,1-2H3,(H,17,19)(H2,16,18,20). The molecular weight excluding hydrogens is 270 g/mol. The molecule has 1 aliphatic carbocycles. The van der Waals surface area contributed by atoms with Crippen LogP contribution >= 0.6 is 12.2 Å². The van der Waals surface area contributed by atoms with Crippen LogP contribution < -0.4 is 16.0 Å². The van der Waals surface area contributed by atoms with Gasteiger partial charge in [-0.05, 0) is 48.7 Å². The predicted molar refractivity (Wildman–Crippen MR) is 85.9 cm³/mol. The predicted octanol–water partition coefficient (Wildman–Crippen LogP) is 2.38. The molecule has 1 amide bonds. The highest BCUT2D eigenvalue weighted by atomic mass is 32.1. The van der Waals surface area contributed by atoms with Crippen molar-refractivity contribution >= 4 is 28.9 Å². The van der Waals surface area contributed by atoms with Crippen molar-refractivity contribution < 1.29 is 4.79 Å². The maximum Gasteiger partial charge on any atom is 0.239 e. The van der Waals surface area contributed by atoms with Crippen molar-refractivity contribution in [1.29, 1.82) is 0 Å². The minimum absolute atomic E-state index is 0.00759. The van der Waals surface area contributed by atoms with Crippen LogP contribution in [0.1, 0.15) is 38.2 Å². The fraction of sp³-hybridized carbons (Fsp3) is 0.467. The molecule has 1 aromatic rings. The van der Waals surface area contributed by atoms with Crippen molar-refractivity contribution in [3.05, 3.63) is 29.8 Å². The van der Waals surface area contributed by atoms with E-state index in [0.717, 1.165) is 18.5 Å². The third-order valence-corrected chi connectivity index (χ3v) is 3.43. The molecule has 0 unspecified atom stereocenters. The van der Waals surface area contributed by atoms with E-state index in [9.17, 15) is 4.79 Å². The number of nitrogens with one attached hydrogen (secondary N) is 3. The third-order valence-electron chi connectivity index (χ3n) is 3.19. The van der Waals surface area contributed by atoms with Crippen molar-refractivity contribution in [1.82, 2.24) is 10.6 Å². The van der Waals surface area contributed by atoms with Crippen LogP contribution in [0.25, 0.3) is 0 Å². The number of carbonyl (C=O) groups is 1. The van der Waals surface area contributed by atoms with E-state index in [2.05, 4.69) is 41.9 Å². The van der Waals surface area contributed by atoms with Gasteiger partial charge in [-0.25, -0.2) is 0 Å². The smallest absolute Gasteiger partial charge is 0.239 e. The van der Waals surface area contributed by atoms with E-state index < -0.39 is 0 Å². The Morgan fingerprint density at radius 1 is 1.30 bits per heavy atom. The number of thiocarbonyl (C=S) groups is 1. The summed E-state index contributed by atoms with van der Waals surface area (Å²) >= 11 is 5.17. The number of hydrogen-bond acceptors (Lipinski definition) is 2. The molecule has 0 aliphatic heterocycles. The van der Waals surface area contributed by atoms with E-state index in [0.29, 0.717) is 17.1 Å². The first-order valence-corrected chi connectivity index (χ1v) is 7.39. The van der Waals surface area contributed by atoms with Gasteiger partial charge < -0.3 is 16.0 Å². The minimum atomic E-state index is -0.00759. The van der Waals surface area contributed by atoms with Crippen LogP contribution in [0.15, 0.2) is 24.3 Å². The van der Waals surface area contributed by atoms with E-state index in [1.165, 1.54) is 5.56 Å². The average Bonchev–Trinajstić information content (AvgIpc) is 3.21. The van der Waals surface area contributed by atoms with Crippen molar-refractivity contribution in [3.8, 4) is 0 Å². The van der Waals surface area contributed by atoms with Gasteiger partial charge in [0.2, 0.25) is 5.91 Å². The normalized spacial score (nSPS) is 13.9. The van der Waals surface area contributed by atoms with Gasteiger partial charge in [-0.3, -0.25) is 4.79 Å². The fourth-order valence-corrected chi connectivity index (χ4v) is 1.98. The molecule has 0 heterocycles. The highest BCUT2D eigenvalue weighted by Gasteiger charge is 2.22. The molecule has 3 N–H and O–H groups in total. The summed E-state index contributed by atoms with van der Waals surface area (Å²) in [4.78, 5) is 11.5. The second-order valence-corrected chi connectivity index (χ2v) is 5.83. The fourth-order valence-electron chi connectivity index (χ4n) is 1.79. The van der Waals surface area contributed by atoms with Crippen molar-refractivity contribution in [2.24, 2.45) is 0 Å². The van der Waals surface area contributed by atoms with E-state index in [4.69, 9.17) is 12.2 Å². The summed E-state index contributed by atoms with van der Waals surface area (Å²) in [6.07, 6.45) is 2.19. The van der Waals surface area contributed by atoms with Crippen molar-refractivity contribution in [2.45, 2.75) is 38.6 Å². The first-order valence-electron chi connectivity index (χ1n) is 6.99. The molecule has 0 spiro atoms. The molecule has 0 radical (unpaired) electrons. The second kappa shape index (κ2) is 6.70. The number of anilines is 1. The van der Waals surface area contributed by atoms with E-state index >= 15 is 0 Å². The van der Waals surface area contributed by atoms with E-state index in [1.807, 2.05) is 12.1 Å². The highest BCUT2D eigenvalue weighted by molar-refractivity contribution is 7.80. The van der Waals surface area contributed by atoms with Gasteiger partial charge in [0.1, 0.15) is 0 Å². The molecule has 5 heteroatoms. The van der Waals surface area contributed by atoms with Crippen LogP contribution in [0.2, 0.25) is 0 Å². The lowest BCUT2D eigenvalue weighted by Crippen LogP contribution is -2.39. The van der Waals surface area contributed by atoms with Crippen molar-refractivity contribution in [3.63, 3.8) is 0 Å². The SMILES string of the molecule is CC(C)c1ccc(NC(=S)NCC(=O)NC2CC2)cc1. The number of rotatable bonds is 5. The van der Waals surface area contributed by atoms with E-state index in [-0.39, 0.29) is 12.5 Å². The summed E-state index contributed by atoms with van der Waals surface area (Å²) in [7, 11) is 0. The Balaban J connectivity index is 1.74. The van der Waals surface area contributed by atoms with Gasteiger partial charge in [0.15, 0.2) is 5.11 Å². The van der Waals surface area contributed by atoms with Gasteiger partial charge >= 0.3 is 0 Å². The molecule has 20 heavy (non-hydrogen) atoms. The molecule has 2 rings (SSSR count). The van der Waals surface area contributed by atoms with Crippen LogP contribution in [0.4, 0.5) is 5.69 Å². The summed E-state index contributed by atoms with van der Waals surface area (Å²) in [5.41, 5.74) is 2.22. The van der Waals surface area contributed by atoms with Crippen LogP contribution in [-0.4, -0.2) is 23.6 Å². The summed E-state index contributed by atoms with van der Waals surface area (Å²) in [5.74, 6) is 0.507. The van der Waals surface area contributed by atoms with E-state index in [1.54, 1.807) is 0 Å². The number of carbonyl (C=O) groups excluding carboxylic acids is 1. The van der Waals surface area contributed by atoms with Crippen molar-refractivity contribution in [2.75, 3.05) is 11.9 Å². The monoisotopic (exact) mass is 291 g/mol. The molecule has 108 valence electrons. The Bertz CT molecular complexity index is 480. The Morgan fingerprint density at radius 2 is 1.95 bits per heavy atom. The van der Waals surface area contributed by atoms with Gasteiger partial charge in [-0.2, -0.15) is 0 Å². The largest absolute Gasteiger partial charge is 0.353 e. The number of hydrogen-bond donors (Lipinski definition) is 3. The van der Waals surface area contributed by atoms with Crippen LogP contribution in [0, 0.1) is 0 Å². The summed E-state index contributed by atoms with van der Waals surface area (Å²) in [5, 5.41) is 9.35. The number of benzene rings is 1. The Hall–Kier alpha value is -1.62. The molecule has 0 bridgehead atoms. The lowest BCUT2D eigenvalue weighted by Gasteiger charge is -2.11. The van der Waals surface area contributed by atoms with Gasteiger partial charge in [0, 0.05) is 11.7 Å². The molecule has 4 nitrogen and oxygen atoms in total. The quantitative estimate of drug-likeness (QED) is 0.729. The maximum absolute atomic E-state index is 11.5. The Labute approximate surface area is 125 Å². The zero-order valence-electron chi connectivity index (χ0n) is 11.9. The third kappa shape index (κ3) is 4.81. The molecular formula is C15H21N3OS. The number of amides is 1. The minimum Gasteiger partial charge on any atom is -0.353 e. The van der Waals surface area contributed by atoms with Gasteiger partial charge in [0.05, 0.1) is 6.54 Å². The second-order valence-electron chi connectivity index (χ2n) is 5.43. The molecule has 1 saturated carbocycles. The molecule has 0 aromatic heterocycles. The lowest BCUT2D eigenvalue weighted by molar-refractivity contribution is -0.120. The van der Waals surface area contributed by atoms with Gasteiger partial charge in [0.25, 0.3) is 0 Å². The lowest BCUT2D eigenvalue weighted by atomic mass is 10.0. The first-order chi connectivity index (χ1) is 9.54. The molecule has 1 aromatic carbocycles. The summed E-state index contributed by atoms with van der Waals surface area (Å²) in [6.45, 7) is 4.53. The topological polar surface area (TPSA) is 53.2 Å². The molecule has 0 atom stereocenters. The Morgan fingerprint density at radius 3 is 2.50 bits per heavy atom. The Kier molecular flexibility index (Phi) is 4.95. The highest BCUT2D eigenvalue weighted by Crippen LogP contribution is 2.18. The zero-order chi connectivity index (χ0) is 14.5. The summed E-state index contributed by atoms with van der Waals surface area (Å²) < 4.78 is 0. The first kappa shape index (κ1) is 14.8. The molecule has 1 fully saturated rings. The molecule has 0 saturated heterocycles.